The Labute approximate surface area is 124 Å². The van der Waals surface area contributed by atoms with Crippen LogP contribution in [0.4, 0.5) is 0 Å². The van der Waals surface area contributed by atoms with E-state index in [1.165, 1.54) is 0 Å². The van der Waals surface area contributed by atoms with Crippen molar-refractivity contribution in [2.24, 2.45) is 11.8 Å². The van der Waals surface area contributed by atoms with E-state index < -0.39 is 14.6 Å². The van der Waals surface area contributed by atoms with Gasteiger partial charge in [-0.2, -0.15) is 0 Å². The fraction of sp³-hybridized carbons (Fsp3) is 0.933. The zero-order valence-corrected chi connectivity index (χ0v) is 14.8. The normalized spacial score (nSPS) is 35.9. The smallest absolute Gasteiger partial charge is 0.192 e. The maximum atomic E-state index is 10.8. The van der Waals surface area contributed by atoms with E-state index in [4.69, 9.17) is 9.16 Å². The Kier molecular flexibility index (Phi) is 5.58. The van der Waals surface area contributed by atoms with E-state index in [-0.39, 0.29) is 29.1 Å². The first-order valence-electron chi connectivity index (χ1n) is 7.46. The topological polar surface area (TPSA) is 55.8 Å². The van der Waals surface area contributed by atoms with Crippen LogP contribution >= 0.6 is 0 Å². The Balaban J connectivity index is 2.92. The number of aldehydes is 1. The number of carbonyl (C=O) groups is 1. The standard InChI is InChI=1S/C15H30O4Si/c1-10-12(8-9-16)18-14(17)11(2)13(10)19-20(6,7)15(3,4)5/h9-14,17H,8H2,1-7H3/t10?,11-,12+,13+,14?/m1/s1. The summed E-state index contributed by atoms with van der Waals surface area (Å²) >= 11 is 0. The van der Waals surface area contributed by atoms with Crippen molar-refractivity contribution < 1.29 is 19.1 Å². The van der Waals surface area contributed by atoms with Gasteiger partial charge in [-0.1, -0.05) is 34.6 Å². The van der Waals surface area contributed by atoms with Gasteiger partial charge in [0.1, 0.15) is 6.29 Å². The van der Waals surface area contributed by atoms with Crippen molar-refractivity contribution in [3.63, 3.8) is 0 Å². The Bertz CT molecular complexity index is 337. The van der Waals surface area contributed by atoms with Gasteiger partial charge in [-0.25, -0.2) is 0 Å². The van der Waals surface area contributed by atoms with Crippen LogP contribution < -0.4 is 0 Å². The van der Waals surface area contributed by atoms with Crippen LogP contribution in [0.5, 0.6) is 0 Å². The molecule has 0 bridgehead atoms. The molecule has 20 heavy (non-hydrogen) atoms. The van der Waals surface area contributed by atoms with Gasteiger partial charge in [0.15, 0.2) is 14.6 Å². The van der Waals surface area contributed by atoms with Gasteiger partial charge < -0.3 is 19.1 Å². The molecule has 2 unspecified atom stereocenters. The summed E-state index contributed by atoms with van der Waals surface area (Å²) in [5.74, 6) is 0.0229. The first-order valence-corrected chi connectivity index (χ1v) is 10.4. The SMILES string of the molecule is CC1[C@H](CC=O)OC(O)[C@H](C)[C@H]1O[Si](C)(C)C(C)(C)C. The first-order chi connectivity index (χ1) is 9.01. The predicted molar refractivity (Wildman–Crippen MR) is 82.0 cm³/mol. The molecule has 5 atom stereocenters. The highest BCUT2D eigenvalue weighted by molar-refractivity contribution is 6.74. The third-order valence-electron chi connectivity index (χ3n) is 4.95. The summed E-state index contributed by atoms with van der Waals surface area (Å²) in [6.45, 7) is 15.0. The molecule has 1 rings (SSSR count). The summed E-state index contributed by atoms with van der Waals surface area (Å²) in [5.41, 5.74) is 0. The number of hydrogen-bond acceptors (Lipinski definition) is 4. The minimum absolute atomic E-state index is 0.0652. The molecule has 5 heteroatoms. The monoisotopic (exact) mass is 302 g/mol. The van der Waals surface area contributed by atoms with Crippen LogP contribution in [0.3, 0.4) is 0 Å². The molecule has 0 amide bonds. The Hall–Kier alpha value is -0.233. The van der Waals surface area contributed by atoms with Crippen molar-refractivity contribution >= 4 is 14.6 Å². The fourth-order valence-corrected chi connectivity index (χ4v) is 3.84. The molecule has 1 aliphatic rings. The minimum Gasteiger partial charge on any atom is -0.413 e. The van der Waals surface area contributed by atoms with Gasteiger partial charge in [0.25, 0.3) is 0 Å². The van der Waals surface area contributed by atoms with Gasteiger partial charge >= 0.3 is 0 Å². The van der Waals surface area contributed by atoms with Crippen molar-refractivity contribution in [3.8, 4) is 0 Å². The first kappa shape index (κ1) is 17.8. The van der Waals surface area contributed by atoms with E-state index in [1.807, 2.05) is 13.8 Å². The number of aliphatic hydroxyl groups excluding tert-OH is 1. The summed E-state index contributed by atoms with van der Waals surface area (Å²) in [4.78, 5) is 10.8. The third kappa shape index (κ3) is 3.69. The molecular formula is C15H30O4Si. The van der Waals surface area contributed by atoms with Gasteiger partial charge in [-0.15, -0.1) is 0 Å². The van der Waals surface area contributed by atoms with Gasteiger partial charge in [0, 0.05) is 18.3 Å². The number of aliphatic hydroxyl groups is 1. The van der Waals surface area contributed by atoms with E-state index in [1.54, 1.807) is 0 Å². The summed E-state index contributed by atoms with van der Waals surface area (Å²) in [6.07, 6.45) is -0.0146. The molecule has 1 aliphatic heterocycles. The lowest BCUT2D eigenvalue weighted by atomic mass is 9.85. The van der Waals surface area contributed by atoms with E-state index in [0.29, 0.717) is 6.42 Å². The van der Waals surface area contributed by atoms with Crippen molar-refractivity contribution in [3.05, 3.63) is 0 Å². The number of rotatable bonds is 4. The largest absolute Gasteiger partial charge is 0.413 e. The van der Waals surface area contributed by atoms with Crippen molar-refractivity contribution in [1.29, 1.82) is 0 Å². The molecule has 118 valence electrons. The Morgan fingerprint density at radius 2 is 1.80 bits per heavy atom. The molecule has 0 aromatic rings. The molecule has 4 nitrogen and oxygen atoms in total. The highest BCUT2D eigenvalue weighted by Crippen LogP contribution is 2.41. The molecule has 0 aliphatic carbocycles. The zero-order chi connectivity index (χ0) is 15.7. The molecule has 1 fully saturated rings. The molecule has 0 aromatic carbocycles. The van der Waals surface area contributed by atoms with E-state index >= 15 is 0 Å². The second kappa shape index (κ2) is 6.26. The summed E-state index contributed by atoms with van der Waals surface area (Å²) in [6, 6.07) is 0. The average Bonchev–Trinajstić information content (AvgIpc) is 2.30. The second-order valence-electron chi connectivity index (χ2n) is 7.53. The van der Waals surface area contributed by atoms with Crippen LogP contribution in [0.1, 0.15) is 41.0 Å². The maximum Gasteiger partial charge on any atom is 0.192 e. The van der Waals surface area contributed by atoms with Crippen LogP contribution in [-0.4, -0.2) is 38.2 Å². The van der Waals surface area contributed by atoms with Gasteiger partial charge in [0.05, 0.1) is 12.2 Å². The van der Waals surface area contributed by atoms with Gasteiger partial charge in [0.2, 0.25) is 0 Å². The van der Waals surface area contributed by atoms with Crippen LogP contribution in [-0.2, 0) is 14.0 Å². The molecule has 0 spiro atoms. The van der Waals surface area contributed by atoms with Crippen LogP contribution in [0.25, 0.3) is 0 Å². The molecule has 0 radical (unpaired) electrons. The lowest BCUT2D eigenvalue weighted by molar-refractivity contribution is -0.237. The van der Waals surface area contributed by atoms with Gasteiger partial charge in [-0.3, -0.25) is 0 Å². The molecule has 0 saturated carbocycles. The Morgan fingerprint density at radius 3 is 2.25 bits per heavy atom. The molecule has 1 N–H and O–H groups in total. The Morgan fingerprint density at radius 1 is 1.25 bits per heavy atom. The number of hydrogen-bond donors (Lipinski definition) is 1. The van der Waals surface area contributed by atoms with E-state index in [2.05, 4.69) is 33.9 Å². The van der Waals surface area contributed by atoms with Crippen molar-refractivity contribution in [1.82, 2.24) is 0 Å². The van der Waals surface area contributed by atoms with Crippen LogP contribution in [0.15, 0.2) is 0 Å². The lowest BCUT2D eigenvalue weighted by Gasteiger charge is -2.48. The van der Waals surface area contributed by atoms with E-state index in [0.717, 1.165) is 6.29 Å². The summed E-state index contributed by atoms with van der Waals surface area (Å²) in [5, 5.41) is 10.2. The molecule has 1 saturated heterocycles. The average molecular weight is 302 g/mol. The third-order valence-corrected chi connectivity index (χ3v) is 9.43. The van der Waals surface area contributed by atoms with Crippen LogP contribution in [0.2, 0.25) is 18.1 Å². The fourth-order valence-electron chi connectivity index (χ4n) is 2.38. The summed E-state index contributed by atoms with van der Waals surface area (Å²) < 4.78 is 12.0. The minimum atomic E-state index is -1.91. The molecule has 0 aromatic heterocycles. The van der Waals surface area contributed by atoms with E-state index in [9.17, 15) is 9.90 Å². The van der Waals surface area contributed by atoms with Crippen molar-refractivity contribution in [2.75, 3.05) is 0 Å². The maximum absolute atomic E-state index is 10.8. The zero-order valence-electron chi connectivity index (χ0n) is 13.8. The van der Waals surface area contributed by atoms with Gasteiger partial charge in [-0.05, 0) is 18.1 Å². The lowest BCUT2D eigenvalue weighted by Crippen LogP contribution is -2.55. The predicted octanol–water partition coefficient (Wildman–Crippen LogP) is 2.96. The second-order valence-corrected chi connectivity index (χ2v) is 12.3. The highest BCUT2D eigenvalue weighted by Gasteiger charge is 2.46. The highest BCUT2D eigenvalue weighted by atomic mass is 28.4. The van der Waals surface area contributed by atoms with Crippen molar-refractivity contribution in [2.45, 2.75) is 77.7 Å². The number of carbonyl (C=O) groups excluding carboxylic acids is 1. The molecule has 1 heterocycles. The number of ether oxygens (including phenoxy) is 1. The quantitative estimate of drug-likeness (QED) is 0.641. The van der Waals surface area contributed by atoms with Crippen LogP contribution in [0, 0.1) is 11.8 Å². The summed E-state index contributed by atoms with van der Waals surface area (Å²) in [7, 11) is -1.91. The molecular weight excluding hydrogens is 272 g/mol.